The maximum atomic E-state index is 3.48. The molecule has 0 unspecified atom stereocenters. The van der Waals surface area contributed by atoms with Gasteiger partial charge in [0.15, 0.2) is 0 Å². The van der Waals surface area contributed by atoms with Crippen molar-refractivity contribution in [2.45, 2.75) is 13.0 Å². The first-order valence-corrected chi connectivity index (χ1v) is 6.31. The van der Waals surface area contributed by atoms with Crippen LogP contribution in [0.25, 0.3) is 0 Å². The second kappa shape index (κ2) is 5.52. The molecule has 2 aromatic carbocycles. The Kier molecular flexibility index (Phi) is 3.80. The first-order chi connectivity index (χ1) is 8.28. The van der Waals surface area contributed by atoms with Crippen molar-refractivity contribution in [1.29, 1.82) is 0 Å². The van der Waals surface area contributed by atoms with E-state index < -0.39 is 0 Å². The second-order valence-corrected chi connectivity index (χ2v) is 4.34. The van der Waals surface area contributed by atoms with E-state index in [0.717, 1.165) is 17.2 Å². The van der Waals surface area contributed by atoms with Crippen LogP contribution in [0.3, 0.4) is 0 Å². The van der Waals surface area contributed by atoms with E-state index in [2.05, 4.69) is 77.5 Å². The van der Waals surface area contributed by atoms with Crippen LogP contribution in [0.5, 0.6) is 0 Å². The maximum Gasteiger partial charge on any atom is 0.0283 e. The van der Waals surface area contributed by atoms with Gasteiger partial charge in [0.1, 0.15) is 0 Å². The lowest BCUT2D eigenvalue weighted by Crippen LogP contribution is -1.83. The molecule has 0 saturated heterocycles. The molecule has 0 saturated carbocycles. The summed E-state index contributed by atoms with van der Waals surface area (Å²) in [6.07, 6.45) is 0. The van der Waals surface area contributed by atoms with Crippen LogP contribution in [0.2, 0.25) is 0 Å². The van der Waals surface area contributed by atoms with E-state index in [9.17, 15) is 0 Å². The molecule has 1 heteroatoms. The number of rotatable bonds is 1. The number of aryl methyl sites for hydroxylation is 1. The van der Waals surface area contributed by atoms with Crippen LogP contribution in [0.15, 0.2) is 48.5 Å². The third kappa shape index (κ3) is 3.34. The molecule has 2 aromatic rings. The summed E-state index contributed by atoms with van der Waals surface area (Å²) in [5, 5.41) is 0. The third-order valence-corrected chi connectivity index (χ3v) is 2.97. The van der Waals surface area contributed by atoms with Crippen molar-refractivity contribution in [1.82, 2.24) is 0 Å². The summed E-state index contributed by atoms with van der Waals surface area (Å²) in [4.78, 5) is 0. The van der Waals surface area contributed by atoms with Crippen molar-refractivity contribution >= 4 is 10.2 Å². The molecule has 0 bridgehead atoms. The van der Waals surface area contributed by atoms with Crippen LogP contribution in [0, 0.1) is 18.8 Å². The van der Waals surface area contributed by atoms with Gasteiger partial charge in [0.05, 0.1) is 0 Å². The molecule has 0 N–H and O–H groups in total. The van der Waals surface area contributed by atoms with Crippen LogP contribution < -0.4 is 0 Å². The average molecular weight is 233 g/mol. The smallest absolute Gasteiger partial charge is 0.0283 e. The number of hydrogen-bond donors (Lipinski definition) is 0. The molecule has 0 heterocycles. The summed E-state index contributed by atoms with van der Waals surface area (Å²) >= 11 is 0. The van der Waals surface area contributed by atoms with Gasteiger partial charge in [0.2, 0.25) is 0 Å². The first-order valence-electron chi connectivity index (χ1n) is 5.60. The van der Waals surface area contributed by atoms with Crippen LogP contribution in [-0.4, -0.2) is 10.2 Å². The molecular formula is C16H13Si. The van der Waals surface area contributed by atoms with Gasteiger partial charge in [-0.25, -0.2) is 0 Å². The lowest BCUT2D eigenvalue weighted by Gasteiger charge is -1.95. The predicted octanol–water partition coefficient (Wildman–Crippen LogP) is 3.06. The topological polar surface area (TPSA) is 0 Å². The molecule has 0 amide bonds. The van der Waals surface area contributed by atoms with Gasteiger partial charge in [0.25, 0.3) is 0 Å². The van der Waals surface area contributed by atoms with Gasteiger partial charge in [-0.05, 0) is 37.2 Å². The molecule has 0 aliphatic carbocycles. The van der Waals surface area contributed by atoms with E-state index in [-0.39, 0.29) is 0 Å². The van der Waals surface area contributed by atoms with Crippen LogP contribution in [0.1, 0.15) is 22.3 Å². The van der Waals surface area contributed by atoms with Gasteiger partial charge in [0, 0.05) is 21.4 Å². The number of benzene rings is 2. The molecule has 0 aliphatic rings. The first kappa shape index (κ1) is 11.7. The van der Waals surface area contributed by atoms with E-state index in [1.807, 2.05) is 0 Å². The number of hydrogen-bond acceptors (Lipinski definition) is 0. The predicted molar refractivity (Wildman–Crippen MR) is 73.1 cm³/mol. The minimum atomic E-state index is 0.881. The Labute approximate surface area is 106 Å². The van der Waals surface area contributed by atoms with E-state index in [1.165, 1.54) is 11.1 Å². The highest BCUT2D eigenvalue weighted by Crippen LogP contribution is 2.04. The molecule has 0 nitrogen and oxygen atoms in total. The van der Waals surface area contributed by atoms with Crippen molar-refractivity contribution in [3.05, 3.63) is 70.8 Å². The van der Waals surface area contributed by atoms with Crippen molar-refractivity contribution < 1.29 is 0 Å². The van der Waals surface area contributed by atoms with E-state index in [1.54, 1.807) is 0 Å². The molecular weight excluding hydrogens is 220 g/mol. The van der Waals surface area contributed by atoms with Gasteiger partial charge in [-0.3, -0.25) is 0 Å². The summed E-state index contributed by atoms with van der Waals surface area (Å²) in [6, 6.07) is 17.4. The summed E-state index contributed by atoms with van der Waals surface area (Å²) in [5.41, 5.74) is 4.63. The Balaban J connectivity index is 2.17. The quantitative estimate of drug-likeness (QED) is 0.524. The Hall–Kier alpha value is -1.78. The van der Waals surface area contributed by atoms with E-state index in [4.69, 9.17) is 0 Å². The molecule has 3 radical (unpaired) electrons. The Morgan fingerprint density at radius 3 is 1.76 bits per heavy atom. The van der Waals surface area contributed by atoms with Crippen molar-refractivity contribution in [3.63, 3.8) is 0 Å². The van der Waals surface area contributed by atoms with Crippen molar-refractivity contribution in [3.8, 4) is 11.8 Å². The zero-order valence-corrected chi connectivity index (χ0v) is 10.8. The molecule has 0 aromatic heterocycles. The zero-order chi connectivity index (χ0) is 12.1. The third-order valence-electron chi connectivity index (χ3n) is 2.56. The van der Waals surface area contributed by atoms with E-state index >= 15 is 0 Å². The summed E-state index contributed by atoms with van der Waals surface area (Å²) in [5.74, 6) is 6.33. The Bertz CT molecular complexity index is 539. The highest BCUT2D eigenvalue weighted by Gasteiger charge is 1.89. The Morgan fingerprint density at radius 1 is 0.824 bits per heavy atom. The summed E-state index contributed by atoms with van der Waals surface area (Å²) < 4.78 is 0. The molecule has 0 spiro atoms. The lowest BCUT2D eigenvalue weighted by atomic mass is 10.1. The lowest BCUT2D eigenvalue weighted by molar-refractivity contribution is 1.39. The molecule has 0 fully saturated rings. The standard InChI is InChI=1S/C16H13Si/c1-13-2-4-14(5-3-13)6-7-15-8-10-16(12-17)11-9-15/h2-5,8-11H,12H2,1H3. The van der Waals surface area contributed by atoms with Crippen molar-refractivity contribution in [2.24, 2.45) is 0 Å². The van der Waals surface area contributed by atoms with Gasteiger partial charge >= 0.3 is 0 Å². The highest BCUT2D eigenvalue weighted by atomic mass is 28.1. The monoisotopic (exact) mass is 233 g/mol. The summed E-state index contributed by atoms with van der Waals surface area (Å²) in [7, 11) is 3.48. The van der Waals surface area contributed by atoms with Crippen LogP contribution in [0.4, 0.5) is 0 Å². The highest BCUT2D eigenvalue weighted by molar-refractivity contribution is 6.08. The SMILES string of the molecule is Cc1ccc(C#Cc2ccc(C[Si])cc2)cc1. The fourth-order valence-electron chi connectivity index (χ4n) is 1.49. The second-order valence-electron chi connectivity index (χ2n) is 3.99. The average Bonchev–Trinajstić information content (AvgIpc) is 2.39. The van der Waals surface area contributed by atoms with Gasteiger partial charge in [-0.1, -0.05) is 47.2 Å². The maximum absolute atomic E-state index is 3.48. The largest absolute Gasteiger partial charge is 0.0617 e. The molecule has 2 rings (SSSR count). The fourth-order valence-corrected chi connectivity index (χ4v) is 1.72. The van der Waals surface area contributed by atoms with Gasteiger partial charge < -0.3 is 0 Å². The van der Waals surface area contributed by atoms with Crippen molar-refractivity contribution in [2.75, 3.05) is 0 Å². The molecule has 0 atom stereocenters. The van der Waals surface area contributed by atoms with Crippen LogP contribution >= 0.6 is 0 Å². The normalized spacial score (nSPS) is 9.53. The minimum Gasteiger partial charge on any atom is -0.0617 e. The van der Waals surface area contributed by atoms with Gasteiger partial charge in [-0.2, -0.15) is 0 Å². The summed E-state index contributed by atoms with van der Waals surface area (Å²) in [6.45, 7) is 2.08. The van der Waals surface area contributed by atoms with Gasteiger partial charge in [-0.15, -0.1) is 0 Å². The molecule has 0 aliphatic heterocycles. The van der Waals surface area contributed by atoms with E-state index in [0.29, 0.717) is 0 Å². The zero-order valence-electron chi connectivity index (χ0n) is 9.83. The minimum absolute atomic E-state index is 0.881. The van der Waals surface area contributed by atoms with Crippen LogP contribution in [-0.2, 0) is 6.04 Å². The molecule has 17 heavy (non-hydrogen) atoms. The Morgan fingerprint density at radius 2 is 1.29 bits per heavy atom. The molecule has 81 valence electrons. The fraction of sp³-hybridized carbons (Fsp3) is 0.125.